The Kier molecular flexibility index (Phi) is 4.33. The zero-order valence-corrected chi connectivity index (χ0v) is 12.7. The van der Waals surface area contributed by atoms with Crippen molar-refractivity contribution in [3.05, 3.63) is 27.7 Å². The van der Waals surface area contributed by atoms with Crippen molar-refractivity contribution in [2.24, 2.45) is 0 Å². The molecular weight excluding hydrogens is 342 g/mol. The van der Waals surface area contributed by atoms with Crippen molar-refractivity contribution in [2.75, 3.05) is 13.2 Å². The molecule has 1 aromatic carbocycles. The van der Waals surface area contributed by atoms with E-state index < -0.39 is 10.0 Å². The highest BCUT2D eigenvalue weighted by atomic mass is 79.9. The van der Waals surface area contributed by atoms with Crippen LogP contribution in [0.1, 0.15) is 12.8 Å². The summed E-state index contributed by atoms with van der Waals surface area (Å²) < 4.78 is 26.8. The third-order valence-electron chi connectivity index (χ3n) is 3.03. The van der Waals surface area contributed by atoms with E-state index in [-0.39, 0.29) is 17.5 Å². The van der Waals surface area contributed by atoms with Gasteiger partial charge in [0.15, 0.2) is 0 Å². The third-order valence-corrected chi connectivity index (χ3v) is 6.21. The molecule has 0 spiro atoms. The number of hydrogen-bond acceptors (Lipinski definition) is 3. The second kappa shape index (κ2) is 5.46. The quantitative estimate of drug-likeness (QED) is 0.906. The lowest BCUT2D eigenvalue weighted by Crippen LogP contribution is -2.37. The van der Waals surface area contributed by atoms with Crippen molar-refractivity contribution in [1.82, 2.24) is 4.31 Å². The molecule has 0 bridgehead atoms. The molecule has 1 heterocycles. The zero-order chi connectivity index (χ0) is 13.3. The first kappa shape index (κ1) is 14.3. The molecule has 1 atom stereocenters. The van der Waals surface area contributed by atoms with Crippen LogP contribution in [0, 0.1) is 0 Å². The van der Waals surface area contributed by atoms with Crippen LogP contribution in [0.4, 0.5) is 0 Å². The van der Waals surface area contributed by atoms with Crippen molar-refractivity contribution in [1.29, 1.82) is 0 Å². The maximum atomic E-state index is 12.4. The van der Waals surface area contributed by atoms with Crippen molar-refractivity contribution in [2.45, 2.75) is 23.8 Å². The summed E-state index contributed by atoms with van der Waals surface area (Å²) in [7, 11) is -3.57. The summed E-state index contributed by atoms with van der Waals surface area (Å²) in [5.41, 5.74) is 0. The van der Waals surface area contributed by atoms with E-state index in [1.165, 1.54) is 16.4 Å². The number of sulfonamides is 1. The van der Waals surface area contributed by atoms with Crippen LogP contribution >= 0.6 is 27.5 Å². The van der Waals surface area contributed by atoms with Gasteiger partial charge in [-0.15, -0.1) is 0 Å². The van der Waals surface area contributed by atoms with Crippen LogP contribution in [0.5, 0.6) is 0 Å². The number of aliphatic hydroxyl groups excluding tert-OH is 1. The number of benzene rings is 1. The number of nitrogens with zero attached hydrogens (tertiary/aromatic N) is 1. The van der Waals surface area contributed by atoms with E-state index in [2.05, 4.69) is 15.9 Å². The van der Waals surface area contributed by atoms with Crippen LogP contribution in [0.15, 0.2) is 27.6 Å². The Morgan fingerprint density at radius 1 is 1.50 bits per heavy atom. The molecule has 4 nitrogen and oxygen atoms in total. The fourth-order valence-electron chi connectivity index (χ4n) is 2.08. The molecule has 0 unspecified atom stereocenters. The van der Waals surface area contributed by atoms with Gasteiger partial charge in [-0.05, 0) is 47.0 Å². The van der Waals surface area contributed by atoms with Crippen molar-refractivity contribution < 1.29 is 13.5 Å². The van der Waals surface area contributed by atoms with Gasteiger partial charge in [0.2, 0.25) is 10.0 Å². The minimum Gasteiger partial charge on any atom is -0.395 e. The number of aliphatic hydroxyl groups is 1. The van der Waals surface area contributed by atoms with E-state index in [4.69, 9.17) is 11.6 Å². The summed E-state index contributed by atoms with van der Waals surface area (Å²) >= 11 is 9.14. The van der Waals surface area contributed by atoms with Gasteiger partial charge in [-0.1, -0.05) is 11.6 Å². The van der Waals surface area contributed by atoms with E-state index in [9.17, 15) is 13.5 Å². The SMILES string of the molecule is O=S(=O)(c1ccc(Br)c(Cl)c1)N1CCC[C@H]1CO. The van der Waals surface area contributed by atoms with Crippen LogP contribution in [-0.2, 0) is 10.0 Å². The molecular formula is C11H13BrClNO3S. The van der Waals surface area contributed by atoms with Gasteiger partial charge < -0.3 is 5.11 Å². The second-order valence-corrected chi connectivity index (χ2v) is 7.32. The van der Waals surface area contributed by atoms with Gasteiger partial charge in [-0.2, -0.15) is 4.31 Å². The molecule has 7 heteroatoms. The number of rotatable bonds is 3. The first-order valence-electron chi connectivity index (χ1n) is 5.54. The van der Waals surface area contributed by atoms with E-state index in [0.717, 1.165) is 6.42 Å². The largest absolute Gasteiger partial charge is 0.395 e. The highest BCUT2D eigenvalue weighted by molar-refractivity contribution is 9.10. The van der Waals surface area contributed by atoms with Gasteiger partial charge in [0.05, 0.1) is 16.5 Å². The summed E-state index contributed by atoms with van der Waals surface area (Å²) in [5.74, 6) is 0. The van der Waals surface area contributed by atoms with Crippen molar-refractivity contribution in [3.8, 4) is 0 Å². The molecule has 1 aliphatic rings. The van der Waals surface area contributed by atoms with Gasteiger partial charge in [0.25, 0.3) is 0 Å². The van der Waals surface area contributed by atoms with Gasteiger partial charge in [0.1, 0.15) is 0 Å². The topological polar surface area (TPSA) is 57.6 Å². The highest BCUT2D eigenvalue weighted by Gasteiger charge is 2.34. The Bertz CT molecular complexity index is 549. The maximum absolute atomic E-state index is 12.4. The van der Waals surface area contributed by atoms with Crippen molar-refractivity contribution >= 4 is 37.6 Å². The molecule has 2 rings (SSSR count). The zero-order valence-electron chi connectivity index (χ0n) is 9.51. The maximum Gasteiger partial charge on any atom is 0.243 e. The molecule has 0 amide bonds. The lowest BCUT2D eigenvalue weighted by atomic mass is 10.2. The van der Waals surface area contributed by atoms with Crippen molar-refractivity contribution in [3.63, 3.8) is 0 Å². The van der Waals surface area contributed by atoms with Gasteiger partial charge in [-0.25, -0.2) is 8.42 Å². The Morgan fingerprint density at radius 3 is 2.83 bits per heavy atom. The van der Waals surface area contributed by atoms with Crippen LogP contribution in [0.2, 0.25) is 5.02 Å². The lowest BCUT2D eigenvalue weighted by molar-refractivity contribution is 0.213. The van der Waals surface area contributed by atoms with Crippen LogP contribution in [0.25, 0.3) is 0 Å². The standard InChI is InChI=1S/C11H13BrClNO3S/c12-10-4-3-9(6-11(10)13)18(16,17)14-5-1-2-8(14)7-15/h3-4,6,8,15H,1-2,5,7H2/t8-/m0/s1. The number of halogens is 2. The molecule has 18 heavy (non-hydrogen) atoms. The first-order chi connectivity index (χ1) is 8.46. The lowest BCUT2D eigenvalue weighted by Gasteiger charge is -2.22. The summed E-state index contributed by atoms with van der Waals surface area (Å²) in [6.07, 6.45) is 1.47. The first-order valence-corrected chi connectivity index (χ1v) is 8.15. The van der Waals surface area contributed by atoms with Crippen LogP contribution < -0.4 is 0 Å². The molecule has 1 fully saturated rings. The summed E-state index contributed by atoms with van der Waals surface area (Å²) in [4.78, 5) is 0.163. The third kappa shape index (κ3) is 2.58. The molecule has 0 radical (unpaired) electrons. The average Bonchev–Trinajstić information content (AvgIpc) is 2.81. The molecule has 0 aliphatic carbocycles. The molecule has 100 valence electrons. The Labute approximate surface area is 120 Å². The minimum atomic E-state index is -3.57. The normalized spacial score (nSPS) is 21.4. The van der Waals surface area contributed by atoms with E-state index in [1.807, 2.05) is 0 Å². The van der Waals surface area contributed by atoms with Crippen LogP contribution in [-0.4, -0.2) is 37.0 Å². The van der Waals surface area contributed by atoms with E-state index in [0.29, 0.717) is 22.5 Å². The molecule has 0 aromatic heterocycles. The smallest absolute Gasteiger partial charge is 0.243 e. The molecule has 1 aromatic rings. The Hall–Kier alpha value is -0.140. The predicted molar refractivity (Wildman–Crippen MR) is 73.2 cm³/mol. The minimum absolute atomic E-state index is 0.149. The average molecular weight is 355 g/mol. The predicted octanol–water partition coefficient (Wildman–Crippen LogP) is 2.25. The summed E-state index contributed by atoms with van der Waals surface area (Å²) in [5, 5.41) is 9.56. The molecule has 0 saturated carbocycles. The molecule has 1 aliphatic heterocycles. The fraction of sp³-hybridized carbons (Fsp3) is 0.455. The second-order valence-electron chi connectivity index (χ2n) is 4.17. The monoisotopic (exact) mass is 353 g/mol. The van der Waals surface area contributed by atoms with Gasteiger partial charge in [0, 0.05) is 17.1 Å². The summed E-state index contributed by atoms with van der Waals surface area (Å²) in [6.45, 7) is 0.296. The Morgan fingerprint density at radius 2 is 2.22 bits per heavy atom. The van der Waals surface area contributed by atoms with E-state index in [1.54, 1.807) is 6.07 Å². The summed E-state index contributed by atoms with van der Waals surface area (Å²) in [6, 6.07) is 4.22. The van der Waals surface area contributed by atoms with Crippen LogP contribution in [0.3, 0.4) is 0 Å². The molecule has 1 saturated heterocycles. The fourth-order valence-corrected chi connectivity index (χ4v) is 4.28. The Balaban J connectivity index is 2.38. The van der Waals surface area contributed by atoms with Gasteiger partial charge >= 0.3 is 0 Å². The van der Waals surface area contributed by atoms with E-state index >= 15 is 0 Å². The van der Waals surface area contributed by atoms with Gasteiger partial charge in [-0.3, -0.25) is 0 Å². The molecule has 1 N–H and O–H groups in total. The highest BCUT2D eigenvalue weighted by Crippen LogP contribution is 2.30. The number of hydrogen-bond donors (Lipinski definition) is 1.